The van der Waals surface area contributed by atoms with Crippen LogP contribution in [0.2, 0.25) is 0 Å². The van der Waals surface area contributed by atoms with Crippen molar-refractivity contribution in [1.82, 2.24) is 24.7 Å². The lowest BCUT2D eigenvalue weighted by Crippen LogP contribution is -2.34. The van der Waals surface area contributed by atoms with Gasteiger partial charge in [-0.2, -0.15) is 0 Å². The lowest BCUT2D eigenvalue weighted by Gasteiger charge is -2.12. The Morgan fingerprint density at radius 1 is 1.30 bits per heavy atom. The first kappa shape index (κ1) is 16.0. The number of amides is 1. The predicted octanol–water partition coefficient (Wildman–Crippen LogP) is 3.37. The van der Waals surface area contributed by atoms with E-state index in [9.17, 15) is 4.79 Å². The molecule has 3 aromatic heterocycles. The molecule has 0 bridgehead atoms. The van der Waals surface area contributed by atoms with Crippen LogP contribution in [0.3, 0.4) is 0 Å². The summed E-state index contributed by atoms with van der Waals surface area (Å²) < 4.78 is 7.15. The minimum Gasteiger partial charge on any atom is -0.443 e. The lowest BCUT2D eigenvalue weighted by atomic mass is 10.1. The highest BCUT2D eigenvalue weighted by Gasteiger charge is 2.30. The summed E-state index contributed by atoms with van der Waals surface area (Å²) in [4.78, 5) is 26.0. The Hall–Kier alpha value is -3.22. The Kier molecular flexibility index (Phi) is 3.50. The predicted molar refractivity (Wildman–Crippen MR) is 100 cm³/mol. The number of aromatic nitrogens is 4. The zero-order valence-electron chi connectivity index (χ0n) is 15.1. The van der Waals surface area contributed by atoms with Crippen molar-refractivity contribution in [1.29, 1.82) is 0 Å². The van der Waals surface area contributed by atoms with Gasteiger partial charge in [0.15, 0.2) is 23.3 Å². The molecule has 1 N–H and O–H groups in total. The third-order valence-electron chi connectivity index (χ3n) is 5.22. The summed E-state index contributed by atoms with van der Waals surface area (Å²) in [6.07, 6.45) is 5.44. The fourth-order valence-corrected chi connectivity index (χ4v) is 3.44. The van der Waals surface area contributed by atoms with Gasteiger partial charge in [-0.15, -0.1) is 0 Å². The van der Waals surface area contributed by atoms with Crippen molar-refractivity contribution in [2.45, 2.75) is 32.7 Å². The third kappa shape index (κ3) is 2.75. The maximum atomic E-state index is 12.7. The van der Waals surface area contributed by atoms with E-state index in [-0.39, 0.29) is 11.9 Å². The summed E-state index contributed by atoms with van der Waals surface area (Å²) in [6.45, 7) is 4.02. The van der Waals surface area contributed by atoms with Crippen LogP contribution < -0.4 is 5.32 Å². The maximum absolute atomic E-state index is 12.7. The van der Waals surface area contributed by atoms with Gasteiger partial charge in [-0.05, 0) is 56.9 Å². The summed E-state index contributed by atoms with van der Waals surface area (Å²) in [6, 6.07) is 7.89. The minimum absolute atomic E-state index is 0.160. The van der Waals surface area contributed by atoms with Crippen molar-refractivity contribution >= 4 is 22.7 Å². The number of rotatable bonds is 4. The van der Waals surface area contributed by atoms with E-state index >= 15 is 0 Å². The molecule has 1 aromatic carbocycles. The highest BCUT2D eigenvalue weighted by Crippen LogP contribution is 2.32. The van der Waals surface area contributed by atoms with Crippen molar-refractivity contribution < 1.29 is 9.21 Å². The van der Waals surface area contributed by atoms with Gasteiger partial charge in [-0.25, -0.2) is 15.0 Å². The van der Waals surface area contributed by atoms with E-state index in [4.69, 9.17) is 9.40 Å². The Morgan fingerprint density at radius 2 is 2.15 bits per heavy atom. The van der Waals surface area contributed by atoms with E-state index in [1.165, 1.54) is 19.2 Å². The molecule has 1 fully saturated rings. The zero-order valence-corrected chi connectivity index (χ0v) is 15.1. The monoisotopic (exact) mass is 361 g/mol. The Labute approximate surface area is 155 Å². The fourth-order valence-electron chi connectivity index (χ4n) is 3.44. The van der Waals surface area contributed by atoms with E-state index in [0.29, 0.717) is 17.3 Å². The highest BCUT2D eigenvalue weighted by atomic mass is 16.3. The number of hydrogen-bond donors (Lipinski definition) is 1. The fraction of sp³-hybridized carbons (Fsp3) is 0.300. The molecule has 3 heterocycles. The van der Waals surface area contributed by atoms with Crippen LogP contribution in [0.5, 0.6) is 0 Å². The molecule has 7 heteroatoms. The van der Waals surface area contributed by atoms with Gasteiger partial charge in [-0.1, -0.05) is 0 Å². The third-order valence-corrected chi connectivity index (χ3v) is 5.22. The van der Waals surface area contributed by atoms with Crippen LogP contribution in [-0.4, -0.2) is 31.3 Å². The Balaban J connectivity index is 1.57. The van der Waals surface area contributed by atoms with Gasteiger partial charge in [0.25, 0.3) is 5.91 Å². The van der Waals surface area contributed by atoms with E-state index in [1.54, 1.807) is 6.33 Å². The standard InChI is InChI=1S/C20H19N5O2/c1-11-7-15(14-5-6-17-16(8-14)22-10-27-17)24-19-18(21-9-25(11)19)20(26)23-12(2)13-3-4-13/h5-10,12-13H,3-4H2,1-2H3,(H,23,26)/t12-/m0/s1. The molecular weight excluding hydrogens is 342 g/mol. The smallest absolute Gasteiger partial charge is 0.274 e. The first-order valence-corrected chi connectivity index (χ1v) is 9.09. The van der Waals surface area contributed by atoms with Crippen molar-refractivity contribution in [2.75, 3.05) is 0 Å². The molecule has 7 nitrogen and oxygen atoms in total. The average molecular weight is 361 g/mol. The quantitative estimate of drug-likeness (QED) is 0.602. The second-order valence-corrected chi connectivity index (χ2v) is 7.20. The van der Waals surface area contributed by atoms with Gasteiger partial charge in [0, 0.05) is 17.3 Å². The lowest BCUT2D eigenvalue weighted by molar-refractivity contribution is 0.0933. The topological polar surface area (TPSA) is 85.3 Å². The van der Waals surface area contributed by atoms with Crippen LogP contribution in [0.25, 0.3) is 28.0 Å². The summed E-state index contributed by atoms with van der Waals surface area (Å²) in [7, 11) is 0. The molecule has 4 aromatic rings. The highest BCUT2D eigenvalue weighted by molar-refractivity contribution is 5.98. The molecule has 1 amide bonds. The summed E-state index contributed by atoms with van der Waals surface area (Å²) in [5, 5.41) is 3.06. The summed E-state index contributed by atoms with van der Waals surface area (Å²) in [5.41, 5.74) is 5.07. The van der Waals surface area contributed by atoms with Crippen LogP contribution in [0.1, 0.15) is 35.9 Å². The van der Waals surface area contributed by atoms with Gasteiger partial charge in [0.1, 0.15) is 11.8 Å². The normalized spacial score (nSPS) is 15.3. The first-order valence-electron chi connectivity index (χ1n) is 9.09. The van der Waals surface area contributed by atoms with Crippen molar-refractivity contribution in [3.05, 3.63) is 48.4 Å². The molecule has 0 aliphatic heterocycles. The van der Waals surface area contributed by atoms with E-state index in [1.807, 2.05) is 42.5 Å². The molecule has 0 radical (unpaired) electrons. The average Bonchev–Trinajstić information content (AvgIpc) is 3.25. The molecule has 136 valence electrons. The first-order chi connectivity index (χ1) is 13.1. The van der Waals surface area contributed by atoms with E-state index in [0.717, 1.165) is 28.1 Å². The molecule has 1 saturated carbocycles. The van der Waals surface area contributed by atoms with Crippen LogP contribution in [0.4, 0.5) is 0 Å². The number of nitrogens with zero attached hydrogens (tertiary/aromatic N) is 4. The van der Waals surface area contributed by atoms with Gasteiger partial charge in [0.05, 0.1) is 5.69 Å². The SMILES string of the molecule is Cc1cc(-c2ccc3ocnc3c2)nc2c(C(=O)N[C@@H](C)C3CC3)ncn12. The van der Waals surface area contributed by atoms with Gasteiger partial charge in [-0.3, -0.25) is 9.20 Å². The van der Waals surface area contributed by atoms with Crippen LogP contribution >= 0.6 is 0 Å². The Bertz CT molecular complexity index is 1170. The summed E-state index contributed by atoms with van der Waals surface area (Å²) >= 11 is 0. The molecule has 1 aliphatic rings. The number of aryl methyl sites for hydroxylation is 1. The molecule has 5 rings (SSSR count). The van der Waals surface area contributed by atoms with E-state index in [2.05, 4.69) is 15.3 Å². The molecule has 1 atom stereocenters. The summed E-state index contributed by atoms with van der Waals surface area (Å²) in [5.74, 6) is 0.412. The zero-order chi connectivity index (χ0) is 18.5. The maximum Gasteiger partial charge on any atom is 0.274 e. The number of benzene rings is 1. The second kappa shape index (κ2) is 5.90. The van der Waals surface area contributed by atoms with Crippen molar-refractivity contribution in [3.8, 4) is 11.3 Å². The number of hydrogen-bond acceptors (Lipinski definition) is 5. The molecule has 0 unspecified atom stereocenters. The largest absolute Gasteiger partial charge is 0.443 e. The molecule has 0 saturated heterocycles. The van der Waals surface area contributed by atoms with Gasteiger partial charge in [0.2, 0.25) is 0 Å². The van der Waals surface area contributed by atoms with Crippen LogP contribution in [0.15, 0.2) is 41.4 Å². The van der Waals surface area contributed by atoms with Crippen molar-refractivity contribution in [3.63, 3.8) is 0 Å². The second-order valence-electron chi connectivity index (χ2n) is 7.20. The Morgan fingerprint density at radius 3 is 2.96 bits per heavy atom. The molecule has 1 aliphatic carbocycles. The number of nitrogens with one attached hydrogen (secondary N) is 1. The molecule has 0 spiro atoms. The number of oxazole rings is 1. The minimum atomic E-state index is -0.173. The van der Waals surface area contributed by atoms with E-state index < -0.39 is 0 Å². The van der Waals surface area contributed by atoms with Gasteiger partial charge < -0.3 is 9.73 Å². The number of carbonyl (C=O) groups excluding carboxylic acids is 1. The van der Waals surface area contributed by atoms with Crippen molar-refractivity contribution in [2.24, 2.45) is 5.92 Å². The van der Waals surface area contributed by atoms with Crippen LogP contribution in [-0.2, 0) is 0 Å². The number of imidazole rings is 1. The number of carbonyl (C=O) groups is 1. The van der Waals surface area contributed by atoms with Crippen LogP contribution in [0, 0.1) is 12.8 Å². The molecule has 27 heavy (non-hydrogen) atoms. The van der Waals surface area contributed by atoms with Gasteiger partial charge >= 0.3 is 0 Å². The molecular formula is C20H19N5O2. The number of fused-ring (bicyclic) bond motifs is 2.